The molecule has 45 heavy (non-hydrogen) atoms. The Bertz CT molecular complexity index is 1330. The Morgan fingerprint density at radius 2 is 1.82 bits per heavy atom. The van der Waals surface area contributed by atoms with Crippen LogP contribution in [-0.2, 0) is 23.8 Å². The number of methoxy groups -OCH3 is 1. The number of carbonyl (C=O) groups is 3. The van der Waals surface area contributed by atoms with Crippen LogP contribution in [-0.4, -0.2) is 99.8 Å². The first-order valence-electron chi connectivity index (χ1n) is 15.2. The van der Waals surface area contributed by atoms with Crippen LogP contribution in [0.25, 0.3) is 0 Å². The third kappa shape index (κ3) is 5.24. The van der Waals surface area contributed by atoms with E-state index in [2.05, 4.69) is 5.32 Å². The molecule has 3 aliphatic rings. The van der Waals surface area contributed by atoms with Crippen LogP contribution in [0.2, 0.25) is 0 Å². The fraction of sp³-hybridized carbons (Fsp3) is 0.719. The topological polar surface area (TPSA) is 192 Å². The number of fused-ring (bicyclic) bond motifs is 3. The van der Waals surface area contributed by atoms with Crippen LogP contribution < -0.4 is 5.32 Å². The molecule has 3 aliphatic carbocycles. The molecule has 0 radical (unpaired) electrons. The van der Waals surface area contributed by atoms with E-state index in [1.807, 2.05) is 5.38 Å². The van der Waals surface area contributed by atoms with Gasteiger partial charge >= 0.3 is 12.1 Å². The van der Waals surface area contributed by atoms with Crippen molar-refractivity contribution in [2.45, 2.75) is 96.0 Å². The smallest absolute Gasteiger partial charge is 0.456 e. The molecule has 12 nitrogen and oxygen atoms in total. The number of rotatable bonds is 7. The molecule has 2 saturated carbocycles. The maximum absolute atomic E-state index is 14.6. The molecule has 0 spiro atoms. The van der Waals surface area contributed by atoms with Gasteiger partial charge in [-0.15, -0.1) is 11.3 Å². The summed E-state index contributed by atoms with van der Waals surface area (Å²) >= 11 is 1.35. The van der Waals surface area contributed by atoms with Gasteiger partial charge in [0.15, 0.2) is 11.9 Å². The number of esters is 1. The zero-order valence-corrected chi connectivity index (χ0v) is 27.9. The predicted octanol–water partition coefficient (Wildman–Crippen LogP) is 1.88. The van der Waals surface area contributed by atoms with E-state index in [9.17, 15) is 39.9 Å². The minimum absolute atomic E-state index is 0.0286. The zero-order chi connectivity index (χ0) is 33.9. The van der Waals surface area contributed by atoms with Crippen LogP contribution in [0.5, 0.6) is 0 Å². The summed E-state index contributed by atoms with van der Waals surface area (Å²) in [5.74, 6) is -4.70. The molecule has 0 saturated heterocycles. The van der Waals surface area contributed by atoms with E-state index >= 15 is 0 Å². The van der Waals surface area contributed by atoms with E-state index in [0.717, 1.165) is 7.11 Å². The molecular formula is C32H47NO11S. The van der Waals surface area contributed by atoms with Gasteiger partial charge in [0.05, 0.1) is 36.4 Å². The number of aliphatic hydroxyl groups is 5. The number of Topliss-reactive ketones (excluding diaryl/α,β-unsaturated/α-hetero) is 1. The van der Waals surface area contributed by atoms with Crippen molar-refractivity contribution in [1.29, 1.82) is 0 Å². The molecule has 1 aromatic rings. The number of nitrogens with one attached hydrogen (secondary N) is 1. The number of aliphatic hydroxyl groups excluding tert-OH is 3. The normalized spacial score (nSPS) is 39.2. The average Bonchev–Trinajstić information content (AvgIpc) is 3.52. The van der Waals surface area contributed by atoms with Gasteiger partial charge in [-0.1, -0.05) is 33.8 Å². The Labute approximate surface area is 267 Å². The predicted molar refractivity (Wildman–Crippen MR) is 163 cm³/mol. The van der Waals surface area contributed by atoms with Crippen molar-refractivity contribution in [1.82, 2.24) is 5.32 Å². The van der Waals surface area contributed by atoms with Gasteiger partial charge in [0.2, 0.25) is 0 Å². The molecule has 9 unspecified atom stereocenters. The van der Waals surface area contributed by atoms with Crippen molar-refractivity contribution in [3.63, 3.8) is 0 Å². The number of carbonyl (C=O) groups excluding carboxylic acids is 3. The fourth-order valence-corrected chi connectivity index (χ4v) is 9.52. The molecule has 252 valence electrons. The maximum Gasteiger partial charge on any atom is 0.508 e. The van der Waals surface area contributed by atoms with Crippen LogP contribution in [0.4, 0.5) is 4.79 Å². The standard InChI is InChI=1S/C32H47NO11S/c1-15-12-20(44-28(39)42-8)30(6)25(31(15,40)14-34)17(3)32(41)13-18(16(2)21(29(32,4)5)23(35)26(30)37)43-27(38)24(36)22(33-7)19-10-9-11-45-19/h9-11,15,17-18,20,22-25,33-36,40-41H,12-14H2,1-8H3/t15-,17?,18?,20?,22?,23?,24?,25?,30-,31?,32?/m1/s1. The van der Waals surface area contributed by atoms with Gasteiger partial charge in [0.1, 0.15) is 18.3 Å². The lowest BCUT2D eigenvalue weighted by molar-refractivity contribution is -0.257. The molecule has 1 heterocycles. The minimum atomic E-state index is -1.94. The lowest BCUT2D eigenvalue weighted by atomic mass is 9.42. The molecular weight excluding hydrogens is 606 g/mol. The second kappa shape index (κ2) is 12.3. The van der Waals surface area contributed by atoms with Crippen molar-refractivity contribution >= 4 is 29.2 Å². The van der Waals surface area contributed by atoms with E-state index in [1.165, 1.54) is 18.3 Å². The third-order valence-electron chi connectivity index (χ3n) is 11.4. The summed E-state index contributed by atoms with van der Waals surface area (Å²) in [6.07, 6.45) is -7.09. The Morgan fingerprint density at radius 3 is 2.36 bits per heavy atom. The highest BCUT2D eigenvalue weighted by atomic mass is 32.1. The first kappa shape index (κ1) is 35.5. The van der Waals surface area contributed by atoms with Crippen LogP contribution in [0.15, 0.2) is 28.7 Å². The second-order valence-electron chi connectivity index (χ2n) is 13.7. The van der Waals surface area contributed by atoms with Crippen LogP contribution in [0.1, 0.15) is 65.3 Å². The summed E-state index contributed by atoms with van der Waals surface area (Å²) in [6, 6.07) is 2.79. The number of ketones is 1. The molecule has 4 rings (SSSR count). The quantitative estimate of drug-likeness (QED) is 0.185. The molecule has 11 atom stereocenters. The van der Waals surface area contributed by atoms with E-state index in [4.69, 9.17) is 14.2 Å². The lowest BCUT2D eigenvalue weighted by Crippen LogP contribution is -2.74. The van der Waals surface area contributed by atoms with E-state index < -0.39 is 94.8 Å². The molecule has 2 bridgehead atoms. The van der Waals surface area contributed by atoms with Gasteiger partial charge in [-0.2, -0.15) is 0 Å². The van der Waals surface area contributed by atoms with Crippen molar-refractivity contribution in [3.8, 4) is 0 Å². The number of hydrogen-bond acceptors (Lipinski definition) is 13. The molecule has 0 amide bonds. The van der Waals surface area contributed by atoms with Gasteiger partial charge in [-0.25, -0.2) is 9.59 Å². The van der Waals surface area contributed by atoms with E-state index in [-0.39, 0.29) is 18.4 Å². The Morgan fingerprint density at radius 1 is 1.18 bits per heavy atom. The molecule has 0 aromatic carbocycles. The summed E-state index contributed by atoms with van der Waals surface area (Å²) in [5, 5.41) is 63.2. The highest BCUT2D eigenvalue weighted by Crippen LogP contribution is 2.64. The van der Waals surface area contributed by atoms with Gasteiger partial charge in [0.25, 0.3) is 0 Å². The van der Waals surface area contributed by atoms with Crippen LogP contribution in [0, 0.1) is 28.6 Å². The number of hydrogen-bond donors (Lipinski definition) is 6. The summed E-state index contributed by atoms with van der Waals surface area (Å²) in [6.45, 7) is 8.95. The van der Waals surface area contributed by atoms with Gasteiger partial charge in [0, 0.05) is 22.6 Å². The van der Waals surface area contributed by atoms with Crippen molar-refractivity contribution in [3.05, 3.63) is 33.5 Å². The van der Waals surface area contributed by atoms with Crippen molar-refractivity contribution in [2.24, 2.45) is 28.6 Å². The average molecular weight is 654 g/mol. The molecule has 6 N–H and O–H groups in total. The molecule has 0 aliphatic heterocycles. The SMILES string of the molecule is CNC(c1cccs1)C(O)C(=O)OC1CC2(O)C(C)C3C(O)(CO)[C@H](C)CC(OC(=O)OC)[C@@]3(C)C(=O)C(O)C(=C1C)C2(C)C. The van der Waals surface area contributed by atoms with Crippen LogP contribution in [0.3, 0.4) is 0 Å². The van der Waals surface area contributed by atoms with Gasteiger partial charge in [-0.3, -0.25) is 4.79 Å². The largest absolute Gasteiger partial charge is 0.508 e. The summed E-state index contributed by atoms with van der Waals surface area (Å²) in [4.78, 5) is 41.0. The van der Waals surface area contributed by atoms with Gasteiger partial charge in [-0.05, 0) is 61.7 Å². The lowest BCUT2D eigenvalue weighted by Gasteiger charge is -2.65. The number of likely N-dealkylation sites (N-methyl/N-ethyl adjacent to an activating group) is 1. The Hall–Kier alpha value is -2.39. The number of ether oxygens (including phenoxy) is 3. The molecule has 2 fully saturated rings. The Kier molecular flexibility index (Phi) is 9.72. The highest BCUT2D eigenvalue weighted by Gasteiger charge is 2.72. The van der Waals surface area contributed by atoms with Gasteiger partial charge < -0.3 is 45.1 Å². The maximum atomic E-state index is 14.6. The minimum Gasteiger partial charge on any atom is -0.456 e. The summed E-state index contributed by atoms with van der Waals surface area (Å²) in [5.41, 5.74) is -6.40. The van der Waals surface area contributed by atoms with Crippen LogP contribution >= 0.6 is 11.3 Å². The summed E-state index contributed by atoms with van der Waals surface area (Å²) < 4.78 is 16.2. The molecule has 13 heteroatoms. The highest BCUT2D eigenvalue weighted by molar-refractivity contribution is 7.10. The first-order chi connectivity index (χ1) is 20.9. The first-order valence-corrected chi connectivity index (χ1v) is 16.1. The fourth-order valence-electron chi connectivity index (χ4n) is 8.65. The third-order valence-corrected chi connectivity index (χ3v) is 12.3. The monoisotopic (exact) mass is 653 g/mol. The number of thiophene rings is 1. The second-order valence-corrected chi connectivity index (χ2v) is 14.6. The van der Waals surface area contributed by atoms with Crippen molar-refractivity contribution < 1.29 is 54.1 Å². The van der Waals surface area contributed by atoms with E-state index in [1.54, 1.807) is 53.8 Å². The molecule has 1 aromatic heterocycles. The summed E-state index contributed by atoms with van der Waals surface area (Å²) in [7, 11) is 2.72. The zero-order valence-electron chi connectivity index (χ0n) is 27.1. The van der Waals surface area contributed by atoms with Crippen molar-refractivity contribution in [2.75, 3.05) is 20.8 Å². The Balaban J connectivity index is 1.87. The van der Waals surface area contributed by atoms with E-state index in [0.29, 0.717) is 10.5 Å².